The van der Waals surface area contributed by atoms with Gasteiger partial charge in [-0.3, -0.25) is 0 Å². The second kappa shape index (κ2) is 22.0. The van der Waals surface area contributed by atoms with Crippen molar-refractivity contribution in [3.05, 3.63) is 25.0 Å². The van der Waals surface area contributed by atoms with Crippen LogP contribution in [0.3, 0.4) is 0 Å². The van der Waals surface area contributed by atoms with E-state index in [-0.39, 0.29) is 5.97 Å². The lowest BCUT2D eigenvalue weighted by Gasteiger charge is -2.04. The van der Waals surface area contributed by atoms with E-state index in [4.69, 9.17) is 16.3 Å². The molecule has 0 aliphatic carbocycles. The molecule has 0 saturated carbocycles. The summed E-state index contributed by atoms with van der Waals surface area (Å²) < 4.78 is 9.65. The molecule has 0 spiro atoms. The van der Waals surface area contributed by atoms with E-state index in [1.165, 1.54) is 64.0 Å². The minimum Gasteiger partial charge on any atom is -0.501 e. The van der Waals surface area contributed by atoms with Gasteiger partial charge < -0.3 is 9.47 Å². The molecule has 0 bridgehead atoms. The zero-order valence-electron chi connectivity index (χ0n) is 15.8. The van der Waals surface area contributed by atoms with Crippen molar-refractivity contribution in [2.24, 2.45) is 0 Å². The van der Waals surface area contributed by atoms with E-state index in [1.807, 2.05) is 0 Å². The van der Waals surface area contributed by atoms with Crippen molar-refractivity contribution in [3.8, 4) is 0 Å². The number of rotatable bonds is 15. The molecular formula is C20H37ClO3. The van der Waals surface area contributed by atoms with Crippen LogP contribution in [0.5, 0.6) is 0 Å². The quantitative estimate of drug-likeness (QED) is 0.111. The van der Waals surface area contributed by atoms with E-state index < -0.39 is 0 Å². The minimum absolute atomic E-state index is 0.258. The van der Waals surface area contributed by atoms with Gasteiger partial charge in [-0.2, -0.15) is 0 Å². The molecular weight excluding hydrogens is 324 g/mol. The molecule has 24 heavy (non-hydrogen) atoms. The van der Waals surface area contributed by atoms with Gasteiger partial charge in [0.2, 0.25) is 0 Å². The maximum absolute atomic E-state index is 11.1. The molecule has 0 radical (unpaired) electrons. The predicted octanol–water partition coefficient (Wildman–Crippen LogP) is 6.41. The second-order valence-corrected chi connectivity index (χ2v) is 6.20. The molecule has 4 heteroatoms. The van der Waals surface area contributed by atoms with Crippen LogP contribution in [-0.4, -0.2) is 25.1 Å². The zero-order valence-corrected chi connectivity index (χ0v) is 16.5. The summed E-state index contributed by atoms with van der Waals surface area (Å²) in [5.41, 5.74) is 0.488. The molecule has 0 aromatic heterocycles. The molecule has 0 aromatic rings. The Morgan fingerprint density at radius 2 is 1.46 bits per heavy atom. The van der Waals surface area contributed by atoms with Crippen molar-refractivity contribution >= 4 is 17.6 Å². The first-order valence-corrected chi connectivity index (χ1v) is 9.74. The van der Waals surface area contributed by atoms with E-state index in [2.05, 4.69) is 24.8 Å². The number of esters is 1. The van der Waals surface area contributed by atoms with Crippen molar-refractivity contribution in [2.45, 2.75) is 78.1 Å². The molecule has 0 unspecified atom stereocenters. The average Bonchev–Trinajstić information content (AvgIpc) is 2.58. The highest BCUT2D eigenvalue weighted by atomic mass is 35.5. The van der Waals surface area contributed by atoms with Crippen LogP contribution >= 0.6 is 11.6 Å². The van der Waals surface area contributed by atoms with Gasteiger partial charge in [-0.1, -0.05) is 77.9 Å². The lowest BCUT2D eigenvalue weighted by atomic mass is 10.1. The maximum Gasteiger partial charge on any atom is 0.333 e. The monoisotopic (exact) mass is 360 g/mol. The summed E-state index contributed by atoms with van der Waals surface area (Å²) >= 11 is 5.21. The van der Waals surface area contributed by atoms with E-state index >= 15 is 0 Å². The Hall–Kier alpha value is -0.960. The summed E-state index contributed by atoms with van der Waals surface area (Å²) in [6.07, 6.45) is 14.3. The van der Waals surface area contributed by atoms with Gasteiger partial charge in [-0.25, -0.2) is 4.79 Å². The molecule has 0 aliphatic heterocycles. The van der Waals surface area contributed by atoms with Gasteiger partial charge in [0.05, 0.1) is 18.7 Å². The fourth-order valence-electron chi connectivity index (χ4n) is 2.01. The largest absolute Gasteiger partial charge is 0.501 e. The molecule has 0 aliphatic rings. The first-order chi connectivity index (χ1) is 11.6. The first kappa shape index (κ1) is 25.3. The number of ether oxygens (including phenoxy) is 2. The molecule has 0 aromatic carbocycles. The van der Waals surface area contributed by atoms with Gasteiger partial charge in [0, 0.05) is 5.57 Å². The standard InChI is InChI=1S/C16H30O2.C4H7ClO/c1-4-5-6-7-8-9-10-11-12-13-14-18-16(17)15(2)3;1-2-6-4-3-5/h2,4-14H2,1,3H3;2H,1,3-4H2. The highest BCUT2D eigenvalue weighted by Crippen LogP contribution is 2.10. The van der Waals surface area contributed by atoms with Crippen molar-refractivity contribution < 1.29 is 14.3 Å². The van der Waals surface area contributed by atoms with Gasteiger partial charge in [0.15, 0.2) is 0 Å². The third-order valence-corrected chi connectivity index (χ3v) is 3.55. The highest BCUT2D eigenvalue weighted by molar-refractivity contribution is 6.17. The van der Waals surface area contributed by atoms with E-state index in [9.17, 15) is 4.79 Å². The number of hydrogen-bond acceptors (Lipinski definition) is 3. The molecule has 0 N–H and O–H groups in total. The van der Waals surface area contributed by atoms with Crippen LogP contribution in [0.15, 0.2) is 25.0 Å². The Morgan fingerprint density at radius 3 is 1.83 bits per heavy atom. The summed E-state index contributed by atoms with van der Waals surface area (Å²) in [4.78, 5) is 11.1. The van der Waals surface area contributed by atoms with Gasteiger partial charge in [0.1, 0.15) is 6.61 Å². The molecule has 0 heterocycles. The topological polar surface area (TPSA) is 35.5 Å². The van der Waals surface area contributed by atoms with E-state index in [0.717, 1.165) is 6.42 Å². The van der Waals surface area contributed by atoms with E-state index in [0.29, 0.717) is 24.7 Å². The summed E-state index contributed by atoms with van der Waals surface area (Å²) in [6, 6.07) is 0. The molecule has 3 nitrogen and oxygen atoms in total. The predicted molar refractivity (Wildman–Crippen MR) is 104 cm³/mol. The van der Waals surface area contributed by atoms with Crippen LogP contribution in [-0.2, 0) is 14.3 Å². The lowest BCUT2D eigenvalue weighted by molar-refractivity contribution is -0.139. The Labute approximate surface area is 154 Å². The fourth-order valence-corrected chi connectivity index (χ4v) is 2.09. The van der Waals surface area contributed by atoms with Gasteiger partial charge >= 0.3 is 5.97 Å². The number of halogens is 1. The summed E-state index contributed by atoms with van der Waals surface area (Å²) in [6.45, 7) is 11.9. The van der Waals surface area contributed by atoms with Crippen molar-refractivity contribution in [2.75, 3.05) is 19.1 Å². The molecule has 0 fully saturated rings. The Bertz CT molecular complexity index is 303. The third kappa shape index (κ3) is 23.3. The summed E-state index contributed by atoms with van der Waals surface area (Å²) in [5, 5.41) is 0. The first-order valence-electron chi connectivity index (χ1n) is 9.21. The molecule has 0 rings (SSSR count). The number of carbonyl (C=O) groups excluding carboxylic acids is 1. The van der Waals surface area contributed by atoms with Crippen LogP contribution in [0.4, 0.5) is 0 Å². The zero-order chi connectivity index (χ0) is 18.5. The van der Waals surface area contributed by atoms with Gasteiger partial charge in [0.25, 0.3) is 0 Å². The maximum atomic E-state index is 11.1. The number of carbonyl (C=O) groups is 1. The smallest absolute Gasteiger partial charge is 0.333 e. The molecule has 0 amide bonds. The third-order valence-electron chi connectivity index (χ3n) is 3.39. The lowest BCUT2D eigenvalue weighted by Crippen LogP contribution is -2.05. The van der Waals surface area contributed by atoms with Crippen LogP contribution in [0.25, 0.3) is 0 Å². The summed E-state index contributed by atoms with van der Waals surface area (Å²) in [5.74, 6) is 0.275. The summed E-state index contributed by atoms with van der Waals surface area (Å²) in [7, 11) is 0. The van der Waals surface area contributed by atoms with Crippen LogP contribution in [0.2, 0.25) is 0 Å². The van der Waals surface area contributed by atoms with Crippen molar-refractivity contribution in [1.82, 2.24) is 0 Å². The average molecular weight is 361 g/mol. The minimum atomic E-state index is -0.258. The van der Waals surface area contributed by atoms with Gasteiger partial charge in [-0.05, 0) is 13.3 Å². The van der Waals surface area contributed by atoms with Gasteiger partial charge in [-0.15, -0.1) is 11.6 Å². The normalized spacial score (nSPS) is 9.62. The number of alkyl halides is 1. The van der Waals surface area contributed by atoms with Crippen molar-refractivity contribution in [1.29, 1.82) is 0 Å². The SMILES string of the molecule is C=C(C)C(=O)OCCCCCCCCCCCC.C=COCCCl. The van der Waals surface area contributed by atoms with E-state index in [1.54, 1.807) is 6.92 Å². The Balaban J connectivity index is 0. The number of unbranched alkanes of at least 4 members (excludes halogenated alkanes) is 9. The highest BCUT2D eigenvalue weighted by Gasteiger charge is 2.01. The Morgan fingerprint density at radius 1 is 0.958 bits per heavy atom. The number of hydrogen-bond donors (Lipinski definition) is 0. The second-order valence-electron chi connectivity index (χ2n) is 5.82. The van der Waals surface area contributed by atoms with Crippen LogP contribution in [0.1, 0.15) is 78.1 Å². The Kier molecular flexibility index (Phi) is 23.2. The molecule has 142 valence electrons. The fraction of sp³-hybridized carbons (Fsp3) is 0.750. The molecule has 0 saturated heterocycles. The molecule has 0 atom stereocenters. The van der Waals surface area contributed by atoms with Crippen LogP contribution in [0, 0.1) is 0 Å². The van der Waals surface area contributed by atoms with Crippen molar-refractivity contribution in [3.63, 3.8) is 0 Å². The van der Waals surface area contributed by atoms with Crippen LogP contribution < -0.4 is 0 Å².